The SMILES string of the molecule is Cc1cscc1CNc1ccc(Br)cc1C(F)(F)F. The van der Waals surface area contributed by atoms with Crippen molar-refractivity contribution in [2.45, 2.75) is 19.6 Å². The largest absolute Gasteiger partial charge is 0.418 e. The maximum Gasteiger partial charge on any atom is 0.418 e. The van der Waals surface area contributed by atoms with E-state index in [-0.39, 0.29) is 5.69 Å². The number of halogens is 4. The number of rotatable bonds is 3. The maximum atomic E-state index is 12.9. The quantitative estimate of drug-likeness (QED) is 0.776. The molecule has 0 radical (unpaired) electrons. The molecule has 2 aromatic rings. The van der Waals surface area contributed by atoms with E-state index in [0.717, 1.165) is 17.2 Å². The molecule has 0 aliphatic carbocycles. The van der Waals surface area contributed by atoms with Crippen molar-refractivity contribution in [3.05, 3.63) is 50.1 Å². The van der Waals surface area contributed by atoms with Crippen LogP contribution in [0, 0.1) is 6.92 Å². The van der Waals surface area contributed by atoms with Crippen molar-refractivity contribution >= 4 is 33.0 Å². The van der Waals surface area contributed by atoms with Crippen molar-refractivity contribution in [2.24, 2.45) is 0 Å². The van der Waals surface area contributed by atoms with Gasteiger partial charge in [-0.15, -0.1) is 0 Å². The standard InChI is InChI=1S/C13H11BrF3NS/c1-8-6-19-7-9(8)5-18-12-3-2-10(14)4-11(12)13(15,16)17/h2-4,6-7,18H,5H2,1H3. The van der Waals surface area contributed by atoms with Crippen molar-refractivity contribution in [3.8, 4) is 0 Å². The summed E-state index contributed by atoms with van der Waals surface area (Å²) in [6, 6.07) is 4.12. The van der Waals surface area contributed by atoms with Gasteiger partial charge in [0.1, 0.15) is 0 Å². The molecule has 0 saturated carbocycles. The first kappa shape index (κ1) is 14.4. The lowest BCUT2D eigenvalue weighted by Crippen LogP contribution is -2.11. The fourth-order valence-corrected chi connectivity index (χ4v) is 2.88. The fourth-order valence-electron chi connectivity index (χ4n) is 1.66. The second kappa shape index (κ2) is 5.54. The lowest BCUT2D eigenvalue weighted by Gasteiger charge is -2.15. The van der Waals surface area contributed by atoms with Gasteiger partial charge in [-0.3, -0.25) is 0 Å². The van der Waals surface area contributed by atoms with E-state index in [4.69, 9.17) is 0 Å². The Morgan fingerprint density at radius 3 is 2.58 bits per heavy atom. The third-order valence-electron chi connectivity index (χ3n) is 2.72. The molecule has 0 spiro atoms. The predicted molar refractivity (Wildman–Crippen MR) is 75.5 cm³/mol. The van der Waals surface area contributed by atoms with Gasteiger partial charge in [0.05, 0.1) is 5.56 Å². The van der Waals surface area contributed by atoms with Crippen LogP contribution in [0.1, 0.15) is 16.7 Å². The smallest absolute Gasteiger partial charge is 0.380 e. The highest BCUT2D eigenvalue weighted by Crippen LogP contribution is 2.36. The first-order chi connectivity index (χ1) is 8.88. The van der Waals surface area contributed by atoms with Gasteiger partial charge in [0, 0.05) is 16.7 Å². The van der Waals surface area contributed by atoms with E-state index in [1.54, 1.807) is 17.4 Å². The zero-order valence-corrected chi connectivity index (χ0v) is 12.4. The molecule has 0 aliphatic rings. The highest BCUT2D eigenvalue weighted by molar-refractivity contribution is 9.10. The van der Waals surface area contributed by atoms with Gasteiger partial charge >= 0.3 is 6.18 Å². The minimum absolute atomic E-state index is 0.0984. The van der Waals surface area contributed by atoms with Crippen LogP contribution in [0.2, 0.25) is 0 Å². The fraction of sp³-hybridized carbons (Fsp3) is 0.231. The molecule has 19 heavy (non-hydrogen) atoms. The molecule has 0 aliphatic heterocycles. The Bertz CT molecular complexity index is 578. The van der Waals surface area contributed by atoms with E-state index in [0.29, 0.717) is 11.0 Å². The van der Waals surface area contributed by atoms with Crippen LogP contribution in [0.25, 0.3) is 0 Å². The normalized spacial score (nSPS) is 11.6. The first-order valence-electron chi connectivity index (χ1n) is 5.50. The molecule has 0 atom stereocenters. The van der Waals surface area contributed by atoms with E-state index >= 15 is 0 Å². The zero-order valence-electron chi connectivity index (χ0n) is 10.0. The summed E-state index contributed by atoms with van der Waals surface area (Å²) in [5, 5.41) is 6.77. The Balaban J connectivity index is 2.23. The van der Waals surface area contributed by atoms with Gasteiger partial charge in [-0.25, -0.2) is 0 Å². The van der Waals surface area contributed by atoms with Gasteiger partial charge < -0.3 is 5.32 Å². The van der Waals surface area contributed by atoms with Gasteiger partial charge in [-0.1, -0.05) is 15.9 Å². The van der Waals surface area contributed by atoms with Crippen LogP contribution < -0.4 is 5.32 Å². The van der Waals surface area contributed by atoms with Crippen LogP contribution in [0.15, 0.2) is 33.4 Å². The molecule has 0 saturated heterocycles. The molecular weight excluding hydrogens is 339 g/mol. The van der Waals surface area contributed by atoms with Crippen LogP contribution in [-0.2, 0) is 12.7 Å². The summed E-state index contributed by atoms with van der Waals surface area (Å²) in [6.07, 6.45) is -4.37. The van der Waals surface area contributed by atoms with Gasteiger partial charge in [-0.2, -0.15) is 24.5 Å². The van der Waals surface area contributed by atoms with Crippen LogP contribution >= 0.6 is 27.3 Å². The van der Waals surface area contributed by atoms with Crippen LogP contribution in [0.3, 0.4) is 0 Å². The Hall–Kier alpha value is -1.01. The van der Waals surface area contributed by atoms with Crippen LogP contribution in [0.5, 0.6) is 0 Å². The Labute approximate surface area is 121 Å². The number of aryl methyl sites for hydroxylation is 1. The van der Waals surface area contributed by atoms with E-state index in [1.165, 1.54) is 6.07 Å². The van der Waals surface area contributed by atoms with Crippen molar-refractivity contribution in [1.82, 2.24) is 0 Å². The molecule has 0 unspecified atom stereocenters. The number of nitrogens with one attached hydrogen (secondary N) is 1. The topological polar surface area (TPSA) is 12.0 Å². The lowest BCUT2D eigenvalue weighted by molar-refractivity contribution is -0.137. The van der Waals surface area contributed by atoms with E-state index < -0.39 is 11.7 Å². The molecule has 102 valence electrons. The van der Waals surface area contributed by atoms with Crippen molar-refractivity contribution in [1.29, 1.82) is 0 Å². The maximum absolute atomic E-state index is 12.9. The number of hydrogen-bond acceptors (Lipinski definition) is 2. The number of hydrogen-bond donors (Lipinski definition) is 1. The minimum atomic E-state index is -4.37. The number of benzene rings is 1. The van der Waals surface area contributed by atoms with Crippen molar-refractivity contribution in [2.75, 3.05) is 5.32 Å². The number of thiophene rings is 1. The molecule has 1 heterocycles. The minimum Gasteiger partial charge on any atom is -0.380 e. The first-order valence-corrected chi connectivity index (χ1v) is 7.24. The average molecular weight is 350 g/mol. The third-order valence-corrected chi connectivity index (χ3v) is 4.12. The summed E-state index contributed by atoms with van der Waals surface area (Å²) in [5.74, 6) is 0. The lowest BCUT2D eigenvalue weighted by atomic mass is 10.1. The van der Waals surface area contributed by atoms with Gasteiger partial charge in [0.25, 0.3) is 0 Å². The molecule has 0 bridgehead atoms. The Morgan fingerprint density at radius 1 is 1.26 bits per heavy atom. The number of alkyl halides is 3. The van der Waals surface area contributed by atoms with E-state index in [9.17, 15) is 13.2 Å². The molecule has 1 N–H and O–H groups in total. The zero-order chi connectivity index (χ0) is 14.0. The molecule has 6 heteroatoms. The highest BCUT2D eigenvalue weighted by atomic mass is 79.9. The molecule has 2 rings (SSSR count). The average Bonchev–Trinajstić information content (AvgIpc) is 2.72. The second-order valence-corrected chi connectivity index (χ2v) is 5.78. The molecule has 1 aromatic heterocycles. The predicted octanol–water partition coefficient (Wildman–Crippen LogP) is 5.45. The Morgan fingerprint density at radius 2 is 2.00 bits per heavy atom. The molecule has 1 nitrogen and oxygen atoms in total. The van der Waals surface area contributed by atoms with Crippen molar-refractivity contribution in [3.63, 3.8) is 0 Å². The monoisotopic (exact) mass is 349 g/mol. The summed E-state index contributed by atoms with van der Waals surface area (Å²) < 4.78 is 39.2. The third kappa shape index (κ3) is 3.51. The summed E-state index contributed by atoms with van der Waals surface area (Å²) in [5.41, 5.74) is 1.54. The molecule has 0 fully saturated rings. The molecule has 1 aromatic carbocycles. The van der Waals surface area contributed by atoms with Crippen molar-refractivity contribution < 1.29 is 13.2 Å². The Kier molecular flexibility index (Phi) is 4.20. The van der Waals surface area contributed by atoms with Gasteiger partial charge in [0.2, 0.25) is 0 Å². The summed E-state index contributed by atoms with van der Waals surface area (Å²) in [4.78, 5) is 0. The molecular formula is C13H11BrF3NS. The summed E-state index contributed by atoms with van der Waals surface area (Å²) in [7, 11) is 0. The van der Waals surface area contributed by atoms with Crippen LogP contribution in [-0.4, -0.2) is 0 Å². The van der Waals surface area contributed by atoms with Crippen LogP contribution in [0.4, 0.5) is 18.9 Å². The second-order valence-electron chi connectivity index (χ2n) is 4.12. The summed E-state index contributed by atoms with van der Waals surface area (Å²) >= 11 is 4.61. The molecule has 0 amide bonds. The highest BCUT2D eigenvalue weighted by Gasteiger charge is 2.33. The summed E-state index contributed by atoms with van der Waals surface area (Å²) in [6.45, 7) is 2.33. The van der Waals surface area contributed by atoms with Gasteiger partial charge in [0.15, 0.2) is 0 Å². The van der Waals surface area contributed by atoms with E-state index in [1.807, 2.05) is 17.7 Å². The van der Waals surface area contributed by atoms with Gasteiger partial charge in [-0.05, 0) is 47.0 Å². The van der Waals surface area contributed by atoms with E-state index in [2.05, 4.69) is 21.2 Å². The number of anilines is 1.